The number of hydrogen-bond acceptors (Lipinski definition) is 5. The predicted octanol–water partition coefficient (Wildman–Crippen LogP) is -0.736. The van der Waals surface area contributed by atoms with Crippen LogP contribution in [-0.4, -0.2) is 26.9 Å². The van der Waals surface area contributed by atoms with Gasteiger partial charge in [0.1, 0.15) is 18.7 Å². The van der Waals surface area contributed by atoms with Crippen LogP contribution < -0.4 is 21.7 Å². The second kappa shape index (κ2) is 6.02. The van der Waals surface area contributed by atoms with Gasteiger partial charge in [0.05, 0.1) is 6.54 Å². The maximum atomic E-state index is 11.5. The van der Waals surface area contributed by atoms with E-state index in [2.05, 4.69) is 5.10 Å². The minimum absolute atomic E-state index is 0.204. The first-order valence-electron chi connectivity index (χ1n) is 5.94. The molecule has 3 N–H and O–H groups in total. The van der Waals surface area contributed by atoms with Gasteiger partial charge in [-0.25, -0.2) is 15.3 Å². The molecule has 2 rings (SSSR count). The lowest BCUT2D eigenvalue weighted by Gasteiger charge is -2.07. The highest BCUT2D eigenvalue weighted by Crippen LogP contribution is 2.13. The molecule has 20 heavy (non-hydrogen) atoms. The van der Waals surface area contributed by atoms with Crippen molar-refractivity contribution in [3.05, 3.63) is 46.6 Å². The van der Waals surface area contributed by atoms with Crippen molar-refractivity contribution in [2.45, 2.75) is 6.54 Å². The third-order valence-corrected chi connectivity index (χ3v) is 2.69. The van der Waals surface area contributed by atoms with Crippen molar-refractivity contribution in [3.63, 3.8) is 0 Å². The molecule has 0 aliphatic carbocycles. The highest BCUT2D eigenvalue weighted by atomic mass is 16.5. The van der Waals surface area contributed by atoms with E-state index in [1.165, 1.54) is 15.6 Å². The summed E-state index contributed by atoms with van der Waals surface area (Å²) in [4.78, 5) is 22.9. The average Bonchev–Trinajstić information content (AvgIpc) is 2.79. The van der Waals surface area contributed by atoms with E-state index in [-0.39, 0.29) is 12.3 Å². The van der Waals surface area contributed by atoms with Crippen LogP contribution in [0.25, 0.3) is 0 Å². The van der Waals surface area contributed by atoms with E-state index < -0.39 is 5.91 Å². The number of ether oxygens (including phenoxy) is 1. The summed E-state index contributed by atoms with van der Waals surface area (Å²) in [6.45, 7) is 0.595. The molecule has 0 saturated carbocycles. The van der Waals surface area contributed by atoms with Crippen LogP contribution in [0, 0.1) is 0 Å². The molecule has 0 atom stereocenters. The molecule has 0 radical (unpaired) electrons. The molecule has 0 aliphatic rings. The fourth-order valence-corrected chi connectivity index (χ4v) is 1.63. The number of nitrogens with one attached hydrogen (secondary N) is 1. The van der Waals surface area contributed by atoms with Gasteiger partial charge >= 0.3 is 5.69 Å². The van der Waals surface area contributed by atoms with Crippen LogP contribution in [0.3, 0.4) is 0 Å². The molecular formula is C12H15N5O3. The average molecular weight is 277 g/mol. The summed E-state index contributed by atoms with van der Waals surface area (Å²) in [7, 11) is 1.63. The largest absolute Gasteiger partial charge is 0.492 e. The second-order valence-electron chi connectivity index (χ2n) is 4.10. The molecule has 0 aliphatic heterocycles. The van der Waals surface area contributed by atoms with E-state index in [9.17, 15) is 9.59 Å². The number of aromatic nitrogens is 3. The molecule has 1 amide bonds. The first-order valence-corrected chi connectivity index (χ1v) is 5.94. The summed E-state index contributed by atoms with van der Waals surface area (Å²) in [5, 5.41) is 3.91. The lowest BCUT2D eigenvalue weighted by atomic mass is 10.2. The van der Waals surface area contributed by atoms with Gasteiger partial charge in [0.2, 0.25) is 0 Å². The van der Waals surface area contributed by atoms with E-state index >= 15 is 0 Å². The fraction of sp³-hybridized carbons (Fsp3) is 0.250. The van der Waals surface area contributed by atoms with Crippen LogP contribution in [0.15, 0.2) is 35.4 Å². The summed E-state index contributed by atoms with van der Waals surface area (Å²) >= 11 is 0. The number of nitrogens with zero attached hydrogens (tertiary/aromatic N) is 3. The topological polar surface area (TPSA) is 104 Å². The molecule has 106 valence electrons. The summed E-state index contributed by atoms with van der Waals surface area (Å²) in [6, 6.07) is 6.60. The van der Waals surface area contributed by atoms with Crippen molar-refractivity contribution >= 4 is 5.91 Å². The molecule has 0 saturated heterocycles. The predicted molar refractivity (Wildman–Crippen MR) is 71.1 cm³/mol. The molecule has 8 nitrogen and oxygen atoms in total. The maximum absolute atomic E-state index is 11.5. The number of hydrogen-bond donors (Lipinski definition) is 2. The number of nitrogen functional groups attached to an aromatic ring is 1. The van der Waals surface area contributed by atoms with Crippen molar-refractivity contribution in [2.75, 3.05) is 6.61 Å². The molecule has 0 bridgehead atoms. The molecule has 0 unspecified atom stereocenters. The van der Waals surface area contributed by atoms with E-state index in [1.54, 1.807) is 31.3 Å². The number of carbonyl (C=O) groups is 1. The van der Waals surface area contributed by atoms with Gasteiger partial charge in [-0.2, -0.15) is 5.10 Å². The van der Waals surface area contributed by atoms with Crippen molar-refractivity contribution in [3.8, 4) is 5.75 Å². The number of rotatable bonds is 5. The summed E-state index contributed by atoms with van der Waals surface area (Å²) in [5.74, 6) is 5.19. The minimum Gasteiger partial charge on any atom is -0.492 e. The Hall–Kier alpha value is -2.61. The number of aryl methyl sites for hydroxylation is 1. The monoisotopic (exact) mass is 277 g/mol. The Morgan fingerprint density at radius 1 is 1.50 bits per heavy atom. The zero-order chi connectivity index (χ0) is 14.5. The third kappa shape index (κ3) is 3.04. The van der Waals surface area contributed by atoms with Gasteiger partial charge in [0, 0.05) is 12.6 Å². The van der Waals surface area contributed by atoms with Crippen LogP contribution in [0.2, 0.25) is 0 Å². The first kappa shape index (κ1) is 13.8. The van der Waals surface area contributed by atoms with Crippen molar-refractivity contribution in [2.24, 2.45) is 12.9 Å². The van der Waals surface area contributed by atoms with E-state index in [1.807, 2.05) is 5.43 Å². The molecule has 1 aromatic carbocycles. The molecule has 1 aromatic heterocycles. The quantitative estimate of drug-likeness (QED) is 0.426. The second-order valence-corrected chi connectivity index (χ2v) is 4.10. The SMILES string of the molecule is Cn1cnn(CCOc2cccc(C(=O)NN)c2)c1=O. The number of nitrogens with two attached hydrogens (primary N) is 1. The van der Waals surface area contributed by atoms with Crippen LogP contribution >= 0.6 is 0 Å². The van der Waals surface area contributed by atoms with Crippen LogP contribution in [0.4, 0.5) is 0 Å². The Kier molecular flexibility index (Phi) is 4.16. The van der Waals surface area contributed by atoms with Gasteiger partial charge in [-0.05, 0) is 18.2 Å². The molecule has 0 spiro atoms. The van der Waals surface area contributed by atoms with Gasteiger partial charge in [-0.3, -0.25) is 14.8 Å². The highest BCUT2D eigenvalue weighted by molar-refractivity contribution is 5.94. The Morgan fingerprint density at radius 2 is 2.30 bits per heavy atom. The van der Waals surface area contributed by atoms with Gasteiger partial charge in [-0.1, -0.05) is 6.07 Å². The molecule has 2 aromatic rings. The summed E-state index contributed by atoms with van der Waals surface area (Å²) < 4.78 is 8.16. The van der Waals surface area contributed by atoms with Gasteiger partial charge < -0.3 is 4.74 Å². The van der Waals surface area contributed by atoms with Gasteiger partial charge in [-0.15, -0.1) is 0 Å². The zero-order valence-corrected chi connectivity index (χ0v) is 10.9. The van der Waals surface area contributed by atoms with E-state index in [4.69, 9.17) is 10.6 Å². The molecule has 0 fully saturated rings. The highest BCUT2D eigenvalue weighted by Gasteiger charge is 2.05. The molecular weight excluding hydrogens is 262 g/mol. The van der Waals surface area contributed by atoms with Crippen molar-refractivity contribution < 1.29 is 9.53 Å². The molecule has 1 heterocycles. The Balaban J connectivity index is 1.96. The maximum Gasteiger partial charge on any atom is 0.345 e. The number of benzene rings is 1. The van der Waals surface area contributed by atoms with Crippen molar-refractivity contribution in [1.82, 2.24) is 19.8 Å². The zero-order valence-electron chi connectivity index (χ0n) is 10.9. The minimum atomic E-state index is -0.392. The van der Waals surface area contributed by atoms with E-state index in [0.29, 0.717) is 17.9 Å². The van der Waals surface area contributed by atoms with Crippen LogP contribution in [-0.2, 0) is 13.6 Å². The Morgan fingerprint density at radius 3 is 2.95 bits per heavy atom. The number of hydrazine groups is 1. The normalized spacial score (nSPS) is 10.3. The lowest BCUT2D eigenvalue weighted by molar-refractivity contribution is 0.0953. The number of amides is 1. The first-order chi connectivity index (χ1) is 9.61. The Labute approximate surface area is 114 Å². The summed E-state index contributed by atoms with van der Waals surface area (Å²) in [5.41, 5.74) is 2.25. The lowest BCUT2D eigenvalue weighted by Crippen LogP contribution is -2.29. The smallest absolute Gasteiger partial charge is 0.345 e. The van der Waals surface area contributed by atoms with Crippen LogP contribution in [0.1, 0.15) is 10.4 Å². The fourth-order valence-electron chi connectivity index (χ4n) is 1.63. The van der Waals surface area contributed by atoms with E-state index in [0.717, 1.165) is 0 Å². The van der Waals surface area contributed by atoms with Crippen molar-refractivity contribution in [1.29, 1.82) is 0 Å². The standard InChI is InChI=1S/C12H15N5O3/c1-16-8-14-17(12(16)19)5-6-20-10-4-2-3-9(7-10)11(18)15-13/h2-4,7-8H,5-6,13H2,1H3,(H,15,18). The third-order valence-electron chi connectivity index (χ3n) is 2.69. The molecule has 8 heteroatoms. The Bertz CT molecular complexity index is 661. The van der Waals surface area contributed by atoms with Gasteiger partial charge in [0.15, 0.2) is 0 Å². The van der Waals surface area contributed by atoms with Gasteiger partial charge in [0.25, 0.3) is 5.91 Å². The van der Waals surface area contributed by atoms with Crippen LogP contribution in [0.5, 0.6) is 5.75 Å². The summed E-state index contributed by atoms with van der Waals surface area (Å²) in [6.07, 6.45) is 1.44. The number of carbonyl (C=O) groups excluding carboxylic acids is 1.